The molecule has 0 spiro atoms. The van der Waals surface area contributed by atoms with Crippen molar-refractivity contribution in [3.63, 3.8) is 0 Å². The number of furan rings is 1. The van der Waals surface area contributed by atoms with E-state index in [2.05, 4.69) is 20.7 Å². The minimum atomic E-state index is -3.58. The van der Waals surface area contributed by atoms with E-state index in [0.717, 1.165) is 0 Å². The zero-order valence-electron chi connectivity index (χ0n) is 9.03. The number of hydrogen-bond donors (Lipinski definition) is 2. The fourth-order valence-corrected chi connectivity index (χ4v) is 3.22. The summed E-state index contributed by atoms with van der Waals surface area (Å²) < 4.78 is 31.2. The Morgan fingerprint density at radius 1 is 1.56 bits per heavy atom. The van der Waals surface area contributed by atoms with Gasteiger partial charge in [-0.25, -0.2) is 13.1 Å². The van der Waals surface area contributed by atoms with Crippen molar-refractivity contribution >= 4 is 26.0 Å². The van der Waals surface area contributed by atoms with Crippen LogP contribution in [0.1, 0.15) is 19.6 Å². The number of nitrogens with one attached hydrogen (secondary N) is 1. The molecule has 16 heavy (non-hydrogen) atoms. The minimum Gasteiger partial charge on any atom is -0.450 e. The molecule has 7 heteroatoms. The Bertz CT molecular complexity index is 452. The molecule has 1 aromatic heterocycles. The first kappa shape index (κ1) is 13.7. The maximum absolute atomic E-state index is 11.8. The second-order valence-electron chi connectivity index (χ2n) is 3.75. The molecule has 1 heterocycles. The van der Waals surface area contributed by atoms with Gasteiger partial charge in [0.15, 0.2) is 4.67 Å². The average molecular weight is 312 g/mol. The van der Waals surface area contributed by atoms with Crippen LogP contribution in [0.15, 0.2) is 20.0 Å². The van der Waals surface area contributed by atoms with Gasteiger partial charge in [0.2, 0.25) is 10.0 Å². The molecule has 0 aliphatic rings. The largest absolute Gasteiger partial charge is 0.450 e. The summed E-state index contributed by atoms with van der Waals surface area (Å²) in [5, 5.41) is 8.83. The molecular weight excluding hydrogens is 298 g/mol. The van der Waals surface area contributed by atoms with Crippen LogP contribution < -0.4 is 4.72 Å². The first-order valence-corrected chi connectivity index (χ1v) is 7.03. The predicted octanol–water partition coefficient (Wildman–Crippen LogP) is 1.47. The van der Waals surface area contributed by atoms with Gasteiger partial charge in [0.1, 0.15) is 17.3 Å². The van der Waals surface area contributed by atoms with Crippen LogP contribution in [-0.2, 0) is 16.6 Å². The number of aliphatic hydroxyl groups excluding tert-OH is 1. The van der Waals surface area contributed by atoms with Crippen LogP contribution in [0, 0.1) is 5.92 Å². The summed E-state index contributed by atoms with van der Waals surface area (Å²) in [6.07, 6.45) is 0. The van der Waals surface area contributed by atoms with Gasteiger partial charge in [-0.05, 0) is 21.8 Å². The quantitative estimate of drug-likeness (QED) is 0.863. The van der Waals surface area contributed by atoms with Gasteiger partial charge in [0.25, 0.3) is 0 Å². The van der Waals surface area contributed by atoms with Crippen LogP contribution >= 0.6 is 15.9 Å². The second-order valence-corrected chi connectivity index (χ2v) is 6.21. The van der Waals surface area contributed by atoms with E-state index in [4.69, 9.17) is 9.52 Å². The van der Waals surface area contributed by atoms with E-state index < -0.39 is 10.0 Å². The lowest BCUT2D eigenvalue weighted by molar-refractivity contribution is 0.245. The van der Waals surface area contributed by atoms with Crippen LogP contribution in [0.25, 0.3) is 0 Å². The lowest BCUT2D eigenvalue weighted by Crippen LogP contribution is -2.27. The first-order chi connectivity index (χ1) is 7.36. The van der Waals surface area contributed by atoms with Crippen molar-refractivity contribution in [3.05, 3.63) is 16.5 Å². The Morgan fingerprint density at radius 3 is 2.62 bits per heavy atom. The zero-order valence-corrected chi connectivity index (χ0v) is 11.4. The Kier molecular flexibility index (Phi) is 4.54. The summed E-state index contributed by atoms with van der Waals surface area (Å²) in [6.45, 7) is 3.84. The van der Waals surface area contributed by atoms with Gasteiger partial charge in [-0.3, -0.25) is 0 Å². The van der Waals surface area contributed by atoms with Gasteiger partial charge in [0.05, 0.1) is 0 Å². The first-order valence-electron chi connectivity index (χ1n) is 4.75. The number of hydrogen-bond acceptors (Lipinski definition) is 4. The highest BCUT2D eigenvalue weighted by atomic mass is 79.9. The third kappa shape index (κ3) is 3.31. The van der Waals surface area contributed by atoms with Crippen molar-refractivity contribution in [2.75, 3.05) is 6.54 Å². The van der Waals surface area contributed by atoms with Crippen LogP contribution in [0.5, 0.6) is 0 Å². The molecular formula is C9H14BrNO4S. The van der Waals surface area contributed by atoms with Gasteiger partial charge in [-0.2, -0.15) is 0 Å². The Balaban J connectivity index is 2.93. The van der Waals surface area contributed by atoms with E-state index in [1.54, 1.807) is 0 Å². The van der Waals surface area contributed by atoms with Crippen molar-refractivity contribution < 1.29 is 17.9 Å². The van der Waals surface area contributed by atoms with E-state index in [1.165, 1.54) is 6.07 Å². The third-order valence-corrected chi connectivity index (χ3v) is 4.11. The molecule has 92 valence electrons. The number of rotatable bonds is 5. The Hall–Kier alpha value is -0.370. The summed E-state index contributed by atoms with van der Waals surface area (Å²) in [5.74, 6) is 0.426. The van der Waals surface area contributed by atoms with Gasteiger partial charge in [-0.1, -0.05) is 13.8 Å². The molecule has 0 bridgehead atoms. The summed E-state index contributed by atoms with van der Waals surface area (Å²) in [6, 6.07) is 1.30. The molecule has 0 aromatic carbocycles. The molecule has 1 rings (SSSR count). The van der Waals surface area contributed by atoms with Gasteiger partial charge >= 0.3 is 0 Å². The lowest BCUT2D eigenvalue weighted by atomic mass is 10.2. The molecule has 1 aromatic rings. The fraction of sp³-hybridized carbons (Fsp3) is 0.556. The molecule has 0 fully saturated rings. The van der Waals surface area contributed by atoms with E-state index in [9.17, 15) is 8.42 Å². The normalized spacial score (nSPS) is 12.3. The van der Waals surface area contributed by atoms with Crippen LogP contribution in [0.4, 0.5) is 0 Å². The van der Waals surface area contributed by atoms with Crippen molar-refractivity contribution in [3.8, 4) is 0 Å². The fourth-order valence-electron chi connectivity index (χ4n) is 1.01. The molecule has 0 atom stereocenters. The molecule has 5 nitrogen and oxygen atoms in total. The SMILES string of the molecule is CC(C)CNS(=O)(=O)c1cc(CO)oc1Br. The van der Waals surface area contributed by atoms with Crippen molar-refractivity contribution in [1.82, 2.24) is 4.72 Å². The molecule has 0 amide bonds. The molecule has 0 radical (unpaired) electrons. The molecule has 2 N–H and O–H groups in total. The molecule has 0 unspecified atom stereocenters. The zero-order chi connectivity index (χ0) is 12.3. The smallest absolute Gasteiger partial charge is 0.244 e. The van der Waals surface area contributed by atoms with Crippen molar-refractivity contribution in [1.29, 1.82) is 0 Å². The van der Waals surface area contributed by atoms with Crippen molar-refractivity contribution in [2.24, 2.45) is 5.92 Å². The Labute approximate surface area is 103 Å². The van der Waals surface area contributed by atoms with Crippen LogP contribution in [0.3, 0.4) is 0 Å². The van der Waals surface area contributed by atoms with Gasteiger partial charge < -0.3 is 9.52 Å². The lowest BCUT2D eigenvalue weighted by Gasteiger charge is -2.06. The van der Waals surface area contributed by atoms with E-state index in [1.807, 2.05) is 13.8 Å². The van der Waals surface area contributed by atoms with Gasteiger partial charge in [-0.15, -0.1) is 0 Å². The third-order valence-electron chi connectivity index (χ3n) is 1.83. The monoisotopic (exact) mass is 311 g/mol. The number of aliphatic hydroxyl groups is 1. The highest BCUT2D eigenvalue weighted by Crippen LogP contribution is 2.25. The highest BCUT2D eigenvalue weighted by Gasteiger charge is 2.22. The molecule has 0 saturated heterocycles. The minimum absolute atomic E-state index is 0.0113. The van der Waals surface area contributed by atoms with Crippen molar-refractivity contribution in [2.45, 2.75) is 25.3 Å². The maximum Gasteiger partial charge on any atom is 0.244 e. The molecule has 0 aliphatic carbocycles. The van der Waals surface area contributed by atoms with E-state index in [0.29, 0.717) is 6.54 Å². The topological polar surface area (TPSA) is 79.5 Å². The van der Waals surface area contributed by atoms with Crippen LogP contribution in [-0.4, -0.2) is 20.1 Å². The molecule has 0 saturated carbocycles. The summed E-state index contributed by atoms with van der Waals surface area (Å²) in [7, 11) is -3.58. The number of sulfonamides is 1. The summed E-state index contributed by atoms with van der Waals surface area (Å²) >= 11 is 3.00. The van der Waals surface area contributed by atoms with Gasteiger partial charge in [0, 0.05) is 12.6 Å². The summed E-state index contributed by atoms with van der Waals surface area (Å²) in [5.41, 5.74) is 0. The van der Waals surface area contributed by atoms with E-state index in [-0.39, 0.29) is 27.9 Å². The van der Waals surface area contributed by atoms with E-state index >= 15 is 0 Å². The maximum atomic E-state index is 11.8. The predicted molar refractivity (Wildman–Crippen MR) is 62.4 cm³/mol. The average Bonchev–Trinajstić information content (AvgIpc) is 2.57. The standard InChI is InChI=1S/C9H14BrNO4S/c1-6(2)4-11-16(13,14)8-3-7(5-12)15-9(8)10/h3,6,11-12H,4-5H2,1-2H3. The highest BCUT2D eigenvalue weighted by molar-refractivity contribution is 9.10. The Morgan fingerprint density at radius 2 is 2.19 bits per heavy atom. The number of halogens is 1. The summed E-state index contributed by atoms with van der Waals surface area (Å²) in [4.78, 5) is 0.0113. The van der Waals surface area contributed by atoms with Crippen LogP contribution in [0.2, 0.25) is 0 Å². The molecule has 0 aliphatic heterocycles. The second kappa shape index (κ2) is 5.31.